The fourth-order valence-electron chi connectivity index (χ4n) is 3.57. The minimum absolute atomic E-state index is 0.0584. The first-order chi connectivity index (χ1) is 15.5. The summed E-state index contributed by atoms with van der Waals surface area (Å²) in [5.74, 6) is 0.148. The molecule has 0 fully saturated rings. The number of urea groups is 1. The van der Waals surface area contributed by atoms with Gasteiger partial charge in [-0.3, -0.25) is 10.1 Å². The maximum absolute atomic E-state index is 12.2. The van der Waals surface area contributed by atoms with Gasteiger partial charge in [-0.25, -0.2) is 4.79 Å². The molecule has 0 aliphatic heterocycles. The zero-order valence-corrected chi connectivity index (χ0v) is 19.0. The molecular weight excluding hydrogens is 424 g/mol. The van der Waals surface area contributed by atoms with Crippen molar-refractivity contribution >= 4 is 29.2 Å². The lowest BCUT2D eigenvalue weighted by Gasteiger charge is -2.32. The molecule has 0 spiro atoms. The number of hydrogen-bond acceptors (Lipinski definition) is 3. The van der Waals surface area contributed by atoms with E-state index in [0.29, 0.717) is 18.0 Å². The molecule has 6 heteroatoms. The van der Waals surface area contributed by atoms with Crippen molar-refractivity contribution in [1.82, 2.24) is 5.32 Å². The molecule has 2 N–H and O–H groups in total. The van der Waals surface area contributed by atoms with E-state index in [1.54, 1.807) is 48.5 Å². The van der Waals surface area contributed by atoms with Crippen LogP contribution in [0.1, 0.15) is 42.6 Å². The predicted octanol–water partition coefficient (Wildman–Crippen LogP) is 6.44. The van der Waals surface area contributed by atoms with E-state index in [1.165, 1.54) is 5.56 Å². The van der Waals surface area contributed by atoms with E-state index in [1.807, 2.05) is 6.07 Å². The van der Waals surface area contributed by atoms with Gasteiger partial charge in [0.05, 0.1) is 17.2 Å². The van der Waals surface area contributed by atoms with E-state index in [2.05, 4.69) is 48.7 Å². The van der Waals surface area contributed by atoms with Crippen LogP contribution >= 0.6 is 11.6 Å². The van der Waals surface area contributed by atoms with Crippen LogP contribution in [0.4, 0.5) is 10.5 Å². The van der Waals surface area contributed by atoms with Crippen molar-refractivity contribution in [2.45, 2.75) is 32.1 Å². The SMILES string of the molecule is CCC(CC)(COc1ccc(NC(=O)NC(=O)c2ccccc2Cl)cc1)c1ccccc1. The number of hydrogen-bond donors (Lipinski definition) is 2. The maximum atomic E-state index is 12.2. The third-order valence-corrected chi connectivity index (χ3v) is 6.04. The monoisotopic (exact) mass is 450 g/mol. The van der Waals surface area contributed by atoms with E-state index in [4.69, 9.17) is 16.3 Å². The molecule has 0 saturated carbocycles. The molecule has 0 saturated heterocycles. The molecule has 0 aliphatic carbocycles. The van der Waals surface area contributed by atoms with Crippen LogP contribution in [0.15, 0.2) is 78.9 Å². The number of carbonyl (C=O) groups excluding carboxylic acids is 2. The lowest BCUT2D eigenvalue weighted by atomic mass is 9.76. The number of nitrogens with one attached hydrogen (secondary N) is 2. The van der Waals surface area contributed by atoms with Gasteiger partial charge in [0.2, 0.25) is 0 Å². The number of ether oxygens (including phenoxy) is 1. The quantitative estimate of drug-likeness (QED) is 0.415. The zero-order valence-electron chi connectivity index (χ0n) is 18.2. The second-order valence-corrected chi connectivity index (χ2v) is 7.96. The minimum atomic E-state index is -0.636. The molecule has 5 nitrogen and oxygen atoms in total. The standard InChI is InChI=1S/C26H27ClN2O3/c1-3-26(4-2,19-10-6-5-7-11-19)18-32-21-16-14-20(15-17-21)28-25(31)29-24(30)22-12-8-9-13-23(22)27/h5-17H,3-4,18H2,1-2H3,(H2,28,29,30,31). The van der Waals surface area contributed by atoms with Crippen molar-refractivity contribution in [3.8, 4) is 5.75 Å². The van der Waals surface area contributed by atoms with E-state index >= 15 is 0 Å². The van der Waals surface area contributed by atoms with E-state index in [9.17, 15) is 9.59 Å². The Morgan fingerprint density at radius 3 is 2.12 bits per heavy atom. The molecule has 3 amide bonds. The summed E-state index contributed by atoms with van der Waals surface area (Å²) in [6, 6.07) is 23.4. The van der Waals surface area contributed by atoms with Crippen LogP contribution in [-0.4, -0.2) is 18.5 Å². The second-order valence-electron chi connectivity index (χ2n) is 7.55. The van der Waals surface area contributed by atoms with Gasteiger partial charge in [-0.15, -0.1) is 0 Å². The number of imide groups is 1. The maximum Gasteiger partial charge on any atom is 0.326 e. The van der Waals surface area contributed by atoms with Gasteiger partial charge in [0.25, 0.3) is 5.91 Å². The first-order valence-electron chi connectivity index (χ1n) is 10.6. The molecule has 0 aliphatic rings. The molecule has 32 heavy (non-hydrogen) atoms. The third kappa shape index (κ3) is 5.68. The summed E-state index contributed by atoms with van der Waals surface area (Å²) in [7, 11) is 0. The average Bonchev–Trinajstić information content (AvgIpc) is 2.82. The van der Waals surface area contributed by atoms with Crippen LogP contribution in [0, 0.1) is 0 Å². The van der Waals surface area contributed by atoms with Crippen LogP contribution in [0.3, 0.4) is 0 Å². The summed E-state index contributed by atoms with van der Waals surface area (Å²) in [4.78, 5) is 24.4. The molecule has 0 aromatic heterocycles. The Balaban J connectivity index is 1.58. The summed E-state index contributed by atoms with van der Waals surface area (Å²) in [6.07, 6.45) is 1.93. The molecule has 0 atom stereocenters. The van der Waals surface area contributed by atoms with Crippen LogP contribution in [-0.2, 0) is 5.41 Å². The first-order valence-corrected chi connectivity index (χ1v) is 11.0. The summed E-state index contributed by atoms with van der Waals surface area (Å²) in [5, 5.41) is 5.20. The van der Waals surface area contributed by atoms with Gasteiger partial charge in [0.15, 0.2) is 0 Å². The summed E-state index contributed by atoms with van der Waals surface area (Å²) in [6.45, 7) is 4.91. The number of amides is 3. The van der Waals surface area contributed by atoms with Gasteiger partial charge in [-0.1, -0.05) is 67.9 Å². The van der Waals surface area contributed by atoms with Crippen molar-refractivity contribution in [3.05, 3.63) is 95.0 Å². The first kappa shape index (κ1) is 23.4. The van der Waals surface area contributed by atoms with Crippen molar-refractivity contribution in [2.75, 3.05) is 11.9 Å². The minimum Gasteiger partial charge on any atom is -0.493 e. The van der Waals surface area contributed by atoms with E-state index < -0.39 is 11.9 Å². The lowest BCUT2D eigenvalue weighted by molar-refractivity contribution is 0.0967. The number of halogens is 1. The smallest absolute Gasteiger partial charge is 0.326 e. The molecule has 3 aromatic carbocycles. The fraction of sp³-hybridized carbons (Fsp3) is 0.231. The van der Waals surface area contributed by atoms with E-state index in [-0.39, 0.29) is 16.0 Å². The third-order valence-electron chi connectivity index (χ3n) is 5.71. The van der Waals surface area contributed by atoms with Crippen molar-refractivity contribution < 1.29 is 14.3 Å². The van der Waals surface area contributed by atoms with Gasteiger partial charge < -0.3 is 10.1 Å². The molecule has 0 radical (unpaired) electrons. The van der Waals surface area contributed by atoms with Crippen molar-refractivity contribution in [3.63, 3.8) is 0 Å². The topological polar surface area (TPSA) is 67.4 Å². The normalized spacial score (nSPS) is 11.0. The lowest BCUT2D eigenvalue weighted by Crippen LogP contribution is -2.34. The van der Waals surface area contributed by atoms with Gasteiger partial charge in [0, 0.05) is 11.1 Å². The Hall–Kier alpha value is -3.31. The van der Waals surface area contributed by atoms with Gasteiger partial charge in [-0.05, 0) is 54.8 Å². The highest BCUT2D eigenvalue weighted by atomic mass is 35.5. The number of anilines is 1. The summed E-state index contributed by atoms with van der Waals surface area (Å²) < 4.78 is 6.11. The van der Waals surface area contributed by atoms with Crippen LogP contribution in [0.5, 0.6) is 5.75 Å². The number of benzene rings is 3. The van der Waals surface area contributed by atoms with Crippen molar-refractivity contribution in [1.29, 1.82) is 0 Å². The predicted molar refractivity (Wildman–Crippen MR) is 129 cm³/mol. The zero-order chi connectivity index (χ0) is 23.0. The number of carbonyl (C=O) groups is 2. The molecule has 0 bridgehead atoms. The Labute approximate surface area is 193 Å². The fourth-order valence-corrected chi connectivity index (χ4v) is 3.79. The average molecular weight is 451 g/mol. The molecule has 166 valence electrons. The Bertz CT molecular complexity index is 1050. The number of rotatable bonds is 8. The summed E-state index contributed by atoms with van der Waals surface area (Å²) >= 11 is 6.00. The highest BCUT2D eigenvalue weighted by molar-refractivity contribution is 6.34. The summed E-state index contributed by atoms with van der Waals surface area (Å²) in [5.41, 5.74) is 1.99. The van der Waals surface area contributed by atoms with Gasteiger partial charge in [-0.2, -0.15) is 0 Å². The Kier molecular flexibility index (Phi) is 7.90. The van der Waals surface area contributed by atoms with E-state index in [0.717, 1.165) is 12.8 Å². The molecule has 3 aromatic rings. The van der Waals surface area contributed by atoms with Gasteiger partial charge in [0.1, 0.15) is 5.75 Å². The highest BCUT2D eigenvalue weighted by Crippen LogP contribution is 2.32. The van der Waals surface area contributed by atoms with Crippen molar-refractivity contribution in [2.24, 2.45) is 0 Å². The van der Waals surface area contributed by atoms with Crippen LogP contribution in [0.25, 0.3) is 0 Å². The molecule has 0 unspecified atom stereocenters. The van der Waals surface area contributed by atoms with Gasteiger partial charge >= 0.3 is 6.03 Å². The van der Waals surface area contributed by atoms with Crippen LogP contribution in [0.2, 0.25) is 5.02 Å². The second kappa shape index (κ2) is 10.8. The molecule has 0 heterocycles. The van der Waals surface area contributed by atoms with Crippen LogP contribution < -0.4 is 15.4 Å². The Morgan fingerprint density at radius 2 is 1.50 bits per heavy atom. The Morgan fingerprint density at radius 1 is 0.875 bits per heavy atom. The highest BCUT2D eigenvalue weighted by Gasteiger charge is 2.29. The largest absolute Gasteiger partial charge is 0.493 e. The molecule has 3 rings (SSSR count). The molecular formula is C26H27ClN2O3.